The molecule has 4 N–H and O–H groups in total. The van der Waals surface area contributed by atoms with E-state index < -0.39 is 109 Å². The summed E-state index contributed by atoms with van der Waals surface area (Å²) in [6, 6.07) is 28.5. The van der Waals surface area contributed by atoms with Gasteiger partial charge in [0.2, 0.25) is 29.4 Å². The molecule has 7 rings (SSSR count). The van der Waals surface area contributed by atoms with Crippen LogP contribution in [0.1, 0.15) is 79.9 Å². The minimum atomic E-state index is -1.54. The number of cyclic esters (lactones) is 2. The Morgan fingerprint density at radius 3 is 1.94 bits per heavy atom. The highest BCUT2D eigenvalue weighted by molar-refractivity contribution is 6.38. The van der Waals surface area contributed by atoms with E-state index in [4.69, 9.17) is 23.7 Å². The Morgan fingerprint density at radius 1 is 0.667 bits per heavy atom. The minimum absolute atomic E-state index is 0.0209. The van der Waals surface area contributed by atoms with Gasteiger partial charge in [0.1, 0.15) is 54.1 Å². The van der Waals surface area contributed by atoms with Crippen LogP contribution < -0.4 is 24.8 Å². The highest BCUT2D eigenvalue weighted by Gasteiger charge is 2.43. The Morgan fingerprint density at radius 2 is 1.29 bits per heavy atom. The van der Waals surface area contributed by atoms with Gasteiger partial charge in [-0.15, -0.1) is 0 Å². The summed E-state index contributed by atoms with van der Waals surface area (Å²) < 4.78 is 28.8. The quantitative estimate of drug-likeness (QED) is 0.0921. The molecule has 1 fully saturated rings. The number of carbonyl (C=O) groups excluding carboxylic acids is 9. The van der Waals surface area contributed by atoms with Gasteiger partial charge in [-0.25, -0.2) is 9.59 Å². The fourth-order valence-electron chi connectivity index (χ4n) is 10.6. The number of esters is 2. The number of ketones is 1. The molecular weight excluding hydrogens is 1160 g/mol. The first kappa shape index (κ1) is 67.8. The topological polar surface area (TPSA) is 277 Å². The van der Waals surface area contributed by atoms with Crippen LogP contribution in [0.3, 0.4) is 0 Å². The van der Waals surface area contributed by atoms with Gasteiger partial charge in [-0.1, -0.05) is 91.0 Å². The molecule has 1 saturated heterocycles. The number of rotatable bonds is 11. The van der Waals surface area contributed by atoms with Crippen LogP contribution in [-0.2, 0) is 78.3 Å². The molecule has 2 aliphatic rings. The summed E-state index contributed by atoms with van der Waals surface area (Å²) in [6.45, 7) is 1.42. The zero-order valence-electron chi connectivity index (χ0n) is 51.9. The molecule has 2 bridgehead atoms. The Balaban J connectivity index is 1.22. The summed E-state index contributed by atoms with van der Waals surface area (Å²) in [5.41, 5.74) is 1.24. The van der Waals surface area contributed by atoms with Crippen LogP contribution in [0.25, 0.3) is 0 Å². The Bertz CT molecular complexity index is 3380. The van der Waals surface area contributed by atoms with E-state index in [-0.39, 0.29) is 81.0 Å². The summed E-state index contributed by atoms with van der Waals surface area (Å²) in [5.74, 6) is -6.08. The molecule has 5 atom stereocenters. The molecule has 5 aromatic carbocycles. The number of aryl methyl sites for hydroxylation is 1. The van der Waals surface area contributed by atoms with Crippen LogP contribution >= 0.6 is 0 Å². The van der Waals surface area contributed by atoms with Gasteiger partial charge < -0.3 is 64.1 Å². The first-order valence-electron chi connectivity index (χ1n) is 29.8. The van der Waals surface area contributed by atoms with Gasteiger partial charge in [0, 0.05) is 65.6 Å². The molecule has 5 aromatic rings. The third-order valence-corrected chi connectivity index (χ3v) is 15.9. The monoisotopic (exact) mass is 1240 g/mol. The van der Waals surface area contributed by atoms with E-state index in [1.165, 1.54) is 88.2 Å². The van der Waals surface area contributed by atoms with E-state index in [0.717, 1.165) is 16.5 Å². The number of nitrogens with zero attached hydrogens (tertiary/aromatic N) is 4. The lowest BCUT2D eigenvalue weighted by Gasteiger charge is -2.36. The first-order chi connectivity index (χ1) is 43.0. The maximum Gasteiger partial charge on any atom is 0.330 e. The smallest absolute Gasteiger partial charge is 0.330 e. The Labute approximate surface area is 524 Å². The summed E-state index contributed by atoms with van der Waals surface area (Å²) in [4.78, 5) is 133. The molecule has 22 heteroatoms. The average molecular weight is 1240 g/mol. The highest BCUT2D eigenvalue weighted by Crippen LogP contribution is 2.37. The van der Waals surface area contributed by atoms with Crippen LogP contribution in [0.2, 0.25) is 0 Å². The maximum atomic E-state index is 14.9. The van der Waals surface area contributed by atoms with Gasteiger partial charge in [-0.3, -0.25) is 33.6 Å². The SMILES string of the molecule is COc1cc(O)c(CC[C@H]2OC(=O)[C@@H]3CCCCN3C(=O)C(=O)C(C)(C)COC(=O)/C=C/CCN(C)C(=O)[C@@H](Cc3ccccc3)NC(=O)CN(C)C(=O)[C@@H](Cc3ccccc3)NC(=O)[C@H](Cc3ccc(O)cc3)N(C)C(=O)COc3cccc2c3)cc1OC. The van der Waals surface area contributed by atoms with Crippen LogP contribution in [0.4, 0.5) is 0 Å². The second-order valence-corrected chi connectivity index (χ2v) is 23.1. The van der Waals surface area contributed by atoms with Crippen LogP contribution in [0.5, 0.6) is 28.7 Å². The minimum Gasteiger partial charge on any atom is -0.508 e. The van der Waals surface area contributed by atoms with Crippen molar-refractivity contribution in [2.24, 2.45) is 5.41 Å². The fourth-order valence-corrected chi connectivity index (χ4v) is 10.6. The molecule has 0 aliphatic carbocycles. The molecule has 0 spiro atoms. The molecule has 0 radical (unpaired) electrons. The summed E-state index contributed by atoms with van der Waals surface area (Å²) in [5, 5.41) is 26.9. The number of piperidine rings is 1. The average Bonchev–Trinajstić information content (AvgIpc) is 1.30. The lowest BCUT2D eigenvalue weighted by Crippen LogP contribution is -2.57. The summed E-state index contributed by atoms with van der Waals surface area (Å²) >= 11 is 0. The Hall–Kier alpha value is -9.73. The van der Waals surface area contributed by atoms with E-state index >= 15 is 0 Å². The molecule has 2 aliphatic heterocycles. The molecular formula is C68H80N6O16. The van der Waals surface area contributed by atoms with Crippen molar-refractivity contribution in [3.63, 3.8) is 0 Å². The molecule has 0 unspecified atom stereocenters. The molecule has 2 heterocycles. The van der Waals surface area contributed by atoms with Crippen LogP contribution in [-0.4, -0.2) is 175 Å². The predicted molar refractivity (Wildman–Crippen MR) is 331 cm³/mol. The Kier molecular flexibility index (Phi) is 24.1. The van der Waals surface area contributed by atoms with Gasteiger partial charge in [-0.2, -0.15) is 0 Å². The molecule has 0 aromatic heterocycles. The lowest BCUT2D eigenvalue weighted by molar-refractivity contribution is -0.165. The second kappa shape index (κ2) is 32.0. The van der Waals surface area contributed by atoms with Gasteiger partial charge in [0.25, 0.3) is 11.8 Å². The van der Waals surface area contributed by atoms with Crippen LogP contribution in [0.15, 0.2) is 133 Å². The number of Topliss-reactive ketones (excluding diaryl/α,β-unsaturated/α-hetero) is 1. The van der Waals surface area contributed by atoms with E-state index in [1.807, 2.05) is 6.07 Å². The fraction of sp³-hybridized carbons (Fsp3) is 0.397. The number of methoxy groups -OCH3 is 2. The normalized spacial score (nSPS) is 21.4. The number of ether oxygens (including phenoxy) is 5. The van der Waals surface area contributed by atoms with Crippen molar-refractivity contribution in [2.75, 3.05) is 68.2 Å². The van der Waals surface area contributed by atoms with Gasteiger partial charge in [0.05, 0.1) is 26.2 Å². The molecule has 90 heavy (non-hydrogen) atoms. The predicted octanol–water partition coefficient (Wildman–Crippen LogP) is 5.63. The number of nitrogens with one attached hydrogen (secondary N) is 2. The molecule has 0 saturated carbocycles. The van der Waals surface area contributed by atoms with E-state index in [9.17, 15) is 53.4 Å². The number of phenolic OH excluding ortho intramolecular Hbond substituents is 2. The van der Waals surface area contributed by atoms with Crippen molar-refractivity contribution in [2.45, 2.75) is 102 Å². The van der Waals surface area contributed by atoms with E-state index in [2.05, 4.69) is 10.6 Å². The van der Waals surface area contributed by atoms with Crippen molar-refractivity contribution in [3.05, 3.63) is 161 Å². The molecule has 6 amide bonds. The molecule has 478 valence electrons. The lowest BCUT2D eigenvalue weighted by atomic mass is 9.87. The largest absolute Gasteiger partial charge is 0.508 e. The summed E-state index contributed by atoms with van der Waals surface area (Å²) in [7, 11) is 7.22. The van der Waals surface area contributed by atoms with Crippen molar-refractivity contribution < 1.29 is 77.0 Å². The number of phenols is 2. The molecule has 22 nitrogen and oxygen atoms in total. The van der Waals surface area contributed by atoms with Gasteiger partial charge >= 0.3 is 11.9 Å². The van der Waals surface area contributed by atoms with Crippen molar-refractivity contribution in [1.29, 1.82) is 0 Å². The van der Waals surface area contributed by atoms with Crippen molar-refractivity contribution in [3.8, 4) is 28.7 Å². The second-order valence-electron chi connectivity index (χ2n) is 23.1. The zero-order chi connectivity index (χ0) is 65.1. The number of amides is 6. The highest BCUT2D eigenvalue weighted by atomic mass is 16.5. The number of hydrogen-bond acceptors (Lipinski definition) is 16. The van der Waals surface area contributed by atoms with E-state index in [0.29, 0.717) is 40.8 Å². The third-order valence-electron chi connectivity index (χ3n) is 15.9. The zero-order valence-corrected chi connectivity index (χ0v) is 51.9. The standard InChI is InChI=1S/C68H80N6O16/c1-68(2)43-89-61(79)26-15-16-33-71(3)64(82)51(35-44-19-10-8-11-20-44)69-59(77)41-72(4)65(83)52(36-45-21-12-9-13-22-45)70-63(81)54(37-46-27-30-49(75)31-28-46)73(5)60(78)42-88-50-24-18-23-48(38-50)56(32-29-47-39-57(86-6)58(87-7)40-55(47)76)90-67(85)53-25-14-17-34-74(53)66(84)62(68)80/h8-13,15,18-24,26-28,30-31,38-40,51-54,56,75-76H,14,16-17,25,29,32-37,41-43H2,1-7H3,(H,69,77)(H,70,81)/b26-15+/t51-,52-,53+,54+,56-/m1/s1. The van der Waals surface area contributed by atoms with E-state index in [1.54, 1.807) is 97.1 Å². The third kappa shape index (κ3) is 18.7. The van der Waals surface area contributed by atoms with Crippen LogP contribution in [0, 0.1) is 5.41 Å². The summed E-state index contributed by atoms with van der Waals surface area (Å²) in [6.07, 6.45) is 3.04. The number of benzene rings is 5. The number of hydrogen-bond donors (Lipinski definition) is 4. The number of carbonyl (C=O) groups is 9. The maximum absolute atomic E-state index is 14.9. The number of aromatic hydroxyl groups is 2. The van der Waals surface area contributed by atoms with Gasteiger partial charge in [-0.05, 0) is 111 Å². The van der Waals surface area contributed by atoms with Crippen molar-refractivity contribution >= 4 is 53.2 Å². The van der Waals surface area contributed by atoms with Gasteiger partial charge in [0.15, 0.2) is 18.1 Å². The van der Waals surface area contributed by atoms with Crippen molar-refractivity contribution in [1.82, 2.24) is 30.2 Å². The number of fused-ring (bicyclic) bond motifs is 3. The number of likely N-dealkylation sites (N-methyl/N-ethyl adjacent to an activating group) is 3. The first-order valence-corrected chi connectivity index (χ1v) is 29.8.